The lowest BCUT2D eigenvalue weighted by Gasteiger charge is -2.41. The van der Waals surface area contributed by atoms with Crippen LogP contribution in [0.25, 0.3) is 0 Å². The molecule has 1 aliphatic rings. The molecule has 82 valence electrons. The molecule has 2 nitrogen and oxygen atoms in total. The first-order valence-corrected chi connectivity index (χ1v) is 6.15. The summed E-state index contributed by atoms with van der Waals surface area (Å²) < 4.78 is 0. The topological polar surface area (TPSA) is 23.5 Å². The Hall–Kier alpha value is -0.380. The van der Waals surface area contributed by atoms with Crippen LogP contribution < -0.4 is 0 Å². The van der Waals surface area contributed by atoms with Crippen molar-refractivity contribution in [3.8, 4) is 0 Å². The molecule has 0 radical (unpaired) electrons. The van der Waals surface area contributed by atoms with Crippen molar-refractivity contribution in [2.75, 3.05) is 20.1 Å². The predicted molar refractivity (Wildman–Crippen MR) is 65.2 cm³/mol. The highest BCUT2D eigenvalue weighted by Crippen LogP contribution is 2.36. The number of piperidine rings is 1. The smallest absolute Gasteiger partial charge is 0.105 e. The lowest BCUT2D eigenvalue weighted by Crippen LogP contribution is -2.49. The fourth-order valence-corrected chi connectivity index (χ4v) is 3.07. The molecule has 0 bridgehead atoms. The van der Waals surface area contributed by atoms with Gasteiger partial charge in [0.2, 0.25) is 0 Å². The van der Waals surface area contributed by atoms with Crippen LogP contribution in [0, 0.1) is 0 Å². The quantitative estimate of drug-likeness (QED) is 0.789. The van der Waals surface area contributed by atoms with Crippen molar-refractivity contribution < 1.29 is 5.11 Å². The van der Waals surface area contributed by atoms with Crippen LogP contribution in [-0.2, 0) is 5.60 Å². The van der Waals surface area contributed by atoms with E-state index in [-0.39, 0.29) is 4.83 Å². The fourth-order valence-electron chi connectivity index (χ4n) is 2.09. The molecule has 1 saturated heterocycles. The van der Waals surface area contributed by atoms with E-state index < -0.39 is 5.60 Å². The van der Waals surface area contributed by atoms with E-state index in [2.05, 4.69) is 27.9 Å². The zero-order chi connectivity index (χ0) is 10.9. The van der Waals surface area contributed by atoms with E-state index in [4.69, 9.17) is 0 Å². The van der Waals surface area contributed by atoms with Gasteiger partial charge in [0.05, 0.1) is 4.83 Å². The summed E-state index contributed by atoms with van der Waals surface area (Å²) in [5.74, 6) is 0. The van der Waals surface area contributed by atoms with E-state index in [1.54, 1.807) is 0 Å². The summed E-state index contributed by atoms with van der Waals surface area (Å²) in [7, 11) is 2.08. The van der Waals surface area contributed by atoms with Gasteiger partial charge in [-0.15, -0.1) is 0 Å². The molecule has 0 saturated carbocycles. The Morgan fingerprint density at radius 2 is 2.07 bits per heavy atom. The van der Waals surface area contributed by atoms with Gasteiger partial charge in [0.25, 0.3) is 0 Å². The normalized spacial score (nSPS) is 32.9. The molecule has 0 spiro atoms. The van der Waals surface area contributed by atoms with Gasteiger partial charge >= 0.3 is 0 Å². The molecule has 3 heteroatoms. The third-order valence-corrected chi connectivity index (χ3v) is 4.19. The summed E-state index contributed by atoms with van der Waals surface area (Å²) in [6.07, 6.45) is 0.781. The minimum absolute atomic E-state index is 0.103. The number of halogens is 1. The Kier molecular flexibility index (Phi) is 3.14. The third kappa shape index (κ3) is 2.10. The SMILES string of the molecule is CN1CC[C@@](O)(c2ccccc2)[C@H](Br)C1. The average molecular weight is 270 g/mol. The van der Waals surface area contributed by atoms with Crippen LogP contribution in [0.2, 0.25) is 0 Å². The number of benzene rings is 1. The first kappa shape index (κ1) is 11.1. The number of nitrogens with zero attached hydrogens (tertiary/aromatic N) is 1. The van der Waals surface area contributed by atoms with Gasteiger partial charge in [-0.05, 0) is 19.0 Å². The van der Waals surface area contributed by atoms with Gasteiger partial charge in [0.1, 0.15) is 5.60 Å². The first-order valence-electron chi connectivity index (χ1n) is 5.23. The molecule has 1 N–H and O–H groups in total. The average Bonchev–Trinajstić information content (AvgIpc) is 2.25. The highest BCUT2D eigenvalue weighted by Gasteiger charge is 2.40. The highest BCUT2D eigenvalue weighted by atomic mass is 79.9. The second kappa shape index (κ2) is 4.24. The Morgan fingerprint density at radius 1 is 1.40 bits per heavy atom. The number of aliphatic hydroxyl groups is 1. The second-order valence-electron chi connectivity index (χ2n) is 4.27. The van der Waals surface area contributed by atoms with Crippen LogP contribution >= 0.6 is 15.9 Å². The van der Waals surface area contributed by atoms with Crippen LogP contribution in [-0.4, -0.2) is 35.0 Å². The molecule has 1 heterocycles. The molecule has 0 unspecified atom stereocenters. The fraction of sp³-hybridized carbons (Fsp3) is 0.500. The van der Waals surface area contributed by atoms with Gasteiger partial charge in [0, 0.05) is 13.1 Å². The van der Waals surface area contributed by atoms with E-state index in [9.17, 15) is 5.11 Å². The molecule has 0 aromatic heterocycles. The van der Waals surface area contributed by atoms with E-state index >= 15 is 0 Å². The Bertz CT molecular complexity index is 330. The van der Waals surface area contributed by atoms with E-state index in [1.165, 1.54) is 0 Å². The second-order valence-corrected chi connectivity index (χ2v) is 5.38. The van der Waals surface area contributed by atoms with Crippen molar-refractivity contribution in [2.45, 2.75) is 16.8 Å². The zero-order valence-electron chi connectivity index (χ0n) is 8.86. The molecule has 1 aliphatic heterocycles. The van der Waals surface area contributed by atoms with Crippen LogP contribution in [0.1, 0.15) is 12.0 Å². The van der Waals surface area contributed by atoms with Gasteiger partial charge in [-0.2, -0.15) is 0 Å². The molecule has 1 fully saturated rings. The summed E-state index contributed by atoms with van der Waals surface area (Å²) >= 11 is 3.60. The molecule has 1 aromatic carbocycles. The van der Waals surface area contributed by atoms with E-state index in [0.717, 1.165) is 25.1 Å². The van der Waals surface area contributed by atoms with Crippen molar-refractivity contribution in [2.24, 2.45) is 0 Å². The van der Waals surface area contributed by atoms with Crippen molar-refractivity contribution in [1.82, 2.24) is 4.90 Å². The first-order chi connectivity index (χ1) is 7.13. The molecule has 0 amide bonds. The van der Waals surface area contributed by atoms with E-state index in [0.29, 0.717) is 0 Å². The Balaban J connectivity index is 2.27. The van der Waals surface area contributed by atoms with E-state index in [1.807, 2.05) is 30.3 Å². The summed E-state index contributed by atoms with van der Waals surface area (Å²) in [6, 6.07) is 9.93. The maximum atomic E-state index is 10.7. The minimum atomic E-state index is -0.715. The molecular formula is C12H16BrNO. The standard InChI is InChI=1S/C12H16BrNO/c1-14-8-7-12(15,11(13)9-14)10-5-3-2-4-6-10/h2-6,11,15H,7-9H2,1H3/t11-,12-/m1/s1. The maximum absolute atomic E-state index is 10.7. The number of likely N-dealkylation sites (tertiary alicyclic amines) is 1. The monoisotopic (exact) mass is 269 g/mol. The van der Waals surface area contributed by atoms with Crippen LogP contribution in [0.3, 0.4) is 0 Å². The number of hydrogen-bond donors (Lipinski definition) is 1. The van der Waals surface area contributed by atoms with Gasteiger partial charge < -0.3 is 10.0 Å². The summed E-state index contributed by atoms with van der Waals surface area (Å²) in [4.78, 5) is 2.34. The van der Waals surface area contributed by atoms with Crippen molar-refractivity contribution >= 4 is 15.9 Å². The minimum Gasteiger partial charge on any atom is -0.384 e. The van der Waals surface area contributed by atoms with Crippen LogP contribution in [0.15, 0.2) is 30.3 Å². The molecule has 0 aliphatic carbocycles. The molecule has 2 rings (SSSR count). The van der Waals surface area contributed by atoms with Gasteiger partial charge in [0.15, 0.2) is 0 Å². The maximum Gasteiger partial charge on any atom is 0.105 e. The van der Waals surface area contributed by atoms with Gasteiger partial charge in [-0.25, -0.2) is 0 Å². The zero-order valence-corrected chi connectivity index (χ0v) is 10.4. The lowest BCUT2D eigenvalue weighted by molar-refractivity contribution is -0.0113. The van der Waals surface area contributed by atoms with Gasteiger partial charge in [-0.1, -0.05) is 46.3 Å². The largest absolute Gasteiger partial charge is 0.384 e. The third-order valence-electron chi connectivity index (χ3n) is 3.14. The van der Waals surface area contributed by atoms with Crippen molar-refractivity contribution in [3.05, 3.63) is 35.9 Å². The van der Waals surface area contributed by atoms with Crippen molar-refractivity contribution in [1.29, 1.82) is 0 Å². The molecule has 2 atom stereocenters. The summed E-state index contributed by atoms with van der Waals surface area (Å²) in [5.41, 5.74) is 0.299. The molecule has 15 heavy (non-hydrogen) atoms. The molecular weight excluding hydrogens is 254 g/mol. The highest BCUT2D eigenvalue weighted by molar-refractivity contribution is 9.09. The van der Waals surface area contributed by atoms with Gasteiger partial charge in [-0.3, -0.25) is 0 Å². The van der Waals surface area contributed by atoms with Crippen molar-refractivity contribution in [3.63, 3.8) is 0 Å². The molecule has 1 aromatic rings. The summed E-state index contributed by atoms with van der Waals surface area (Å²) in [6.45, 7) is 1.82. The van der Waals surface area contributed by atoms with Crippen LogP contribution in [0.5, 0.6) is 0 Å². The number of hydrogen-bond acceptors (Lipinski definition) is 2. The number of alkyl halides is 1. The Morgan fingerprint density at radius 3 is 2.67 bits per heavy atom. The number of rotatable bonds is 1. The Labute approximate surface area is 99.0 Å². The van der Waals surface area contributed by atoms with Crippen LogP contribution in [0.4, 0.5) is 0 Å². The predicted octanol–water partition coefficient (Wildman–Crippen LogP) is 1.97. The lowest BCUT2D eigenvalue weighted by atomic mass is 9.84. The summed E-state index contributed by atoms with van der Waals surface area (Å²) in [5, 5.41) is 10.7.